The Morgan fingerprint density at radius 3 is 2.73 bits per heavy atom. The fraction of sp³-hybridized carbons (Fsp3) is 0.231. The summed E-state index contributed by atoms with van der Waals surface area (Å²) in [5, 5.41) is 0. The highest BCUT2D eigenvalue weighted by Gasteiger charge is 2.31. The van der Waals surface area contributed by atoms with Crippen molar-refractivity contribution in [2.24, 2.45) is 0 Å². The molecule has 15 heavy (non-hydrogen) atoms. The van der Waals surface area contributed by atoms with Gasteiger partial charge in [-0.05, 0) is 38.1 Å². The van der Waals surface area contributed by atoms with Crippen LogP contribution >= 0.6 is 11.8 Å². The van der Waals surface area contributed by atoms with E-state index in [1.807, 2.05) is 11.8 Å². The number of nitrogens with zero attached hydrogens (tertiary/aromatic N) is 1. The van der Waals surface area contributed by atoms with E-state index in [0.29, 0.717) is 0 Å². The summed E-state index contributed by atoms with van der Waals surface area (Å²) in [6.45, 7) is 4.55. The number of thioether (sulfide) groups is 1. The molecular formula is C13H13NS. The molecule has 0 atom stereocenters. The van der Waals surface area contributed by atoms with Crippen LogP contribution in [-0.4, -0.2) is 4.57 Å². The van der Waals surface area contributed by atoms with Gasteiger partial charge >= 0.3 is 0 Å². The zero-order chi connectivity index (χ0) is 10.5. The van der Waals surface area contributed by atoms with Gasteiger partial charge in [0.1, 0.15) is 0 Å². The Labute approximate surface area is 94.1 Å². The molecule has 0 aliphatic carbocycles. The number of benzene rings is 1. The number of fused-ring (bicyclic) bond motifs is 3. The van der Waals surface area contributed by atoms with Crippen LogP contribution in [0.1, 0.15) is 19.5 Å². The molecule has 0 unspecified atom stereocenters. The lowest BCUT2D eigenvalue weighted by atomic mass is 10.1. The van der Waals surface area contributed by atoms with E-state index in [4.69, 9.17) is 0 Å². The minimum atomic E-state index is 0.165. The van der Waals surface area contributed by atoms with Gasteiger partial charge in [-0.2, -0.15) is 0 Å². The summed E-state index contributed by atoms with van der Waals surface area (Å²) in [6, 6.07) is 12.9. The molecule has 1 nitrogen and oxygen atoms in total. The molecule has 1 aromatic carbocycles. The van der Waals surface area contributed by atoms with Crippen LogP contribution in [0.5, 0.6) is 0 Å². The Hall–Kier alpha value is -1.15. The van der Waals surface area contributed by atoms with Crippen LogP contribution in [0.3, 0.4) is 0 Å². The van der Waals surface area contributed by atoms with E-state index in [-0.39, 0.29) is 4.75 Å². The molecule has 2 aromatic rings. The molecule has 0 radical (unpaired) electrons. The summed E-state index contributed by atoms with van der Waals surface area (Å²) in [7, 11) is 0. The van der Waals surface area contributed by atoms with Crippen molar-refractivity contribution in [2.45, 2.75) is 23.5 Å². The van der Waals surface area contributed by atoms with Crippen LogP contribution in [-0.2, 0) is 4.75 Å². The maximum atomic E-state index is 2.30. The van der Waals surface area contributed by atoms with Crippen molar-refractivity contribution in [2.75, 3.05) is 0 Å². The van der Waals surface area contributed by atoms with Crippen molar-refractivity contribution in [3.63, 3.8) is 0 Å². The summed E-state index contributed by atoms with van der Waals surface area (Å²) in [4.78, 5) is 1.37. The van der Waals surface area contributed by atoms with Gasteiger partial charge in [-0.25, -0.2) is 0 Å². The van der Waals surface area contributed by atoms with E-state index in [0.717, 1.165) is 0 Å². The Kier molecular flexibility index (Phi) is 1.77. The molecule has 2 heterocycles. The smallest absolute Gasteiger partial charge is 0.0589 e. The molecule has 1 aliphatic heterocycles. The second-order valence-electron chi connectivity index (χ2n) is 4.34. The maximum absolute atomic E-state index is 2.30. The summed E-state index contributed by atoms with van der Waals surface area (Å²) in [6.07, 6.45) is 2.15. The van der Waals surface area contributed by atoms with Gasteiger partial charge in [0.15, 0.2) is 0 Å². The third kappa shape index (κ3) is 1.25. The van der Waals surface area contributed by atoms with Gasteiger partial charge in [-0.3, -0.25) is 0 Å². The minimum absolute atomic E-state index is 0.165. The van der Waals surface area contributed by atoms with Gasteiger partial charge in [0.05, 0.1) is 10.4 Å². The molecule has 1 aromatic heterocycles. The number of rotatable bonds is 0. The van der Waals surface area contributed by atoms with Crippen molar-refractivity contribution >= 4 is 11.8 Å². The predicted molar refractivity (Wildman–Crippen MR) is 64.7 cm³/mol. The van der Waals surface area contributed by atoms with Crippen molar-refractivity contribution < 1.29 is 0 Å². The van der Waals surface area contributed by atoms with E-state index in [9.17, 15) is 0 Å². The van der Waals surface area contributed by atoms with Crippen molar-refractivity contribution in [3.8, 4) is 5.69 Å². The molecule has 3 rings (SSSR count). The van der Waals surface area contributed by atoms with Crippen LogP contribution in [0.25, 0.3) is 5.69 Å². The third-order valence-electron chi connectivity index (χ3n) is 2.86. The van der Waals surface area contributed by atoms with Gasteiger partial charge < -0.3 is 4.57 Å². The largest absolute Gasteiger partial charge is 0.318 e. The maximum Gasteiger partial charge on any atom is 0.0589 e. The third-order valence-corrected chi connectivity index (χ3v) is 4.14. The first-order valence-electron chi connectivity index (χ1n) is 5.15. The van der Waals surface area contributed by atoms with Crippen molar-refractivity contribution in [1.29, 1.82) is 0 Å². The minimum Gasteiger partial charge on any atom is -0.318 e. The van der Waals surface area contributed by atoms with Crippen LogP contribution < -0.4 is 0 Å². The highest BCUT2D eigenvalue weighted by molar-refractivity contribution is 8.00. The van der Waals surface area contributed by atoms with E-state index in [2.05, 4.69) is 61.0 Å². The first kappa shape index (κ1) is 9.10. The summed E-state index contributed by atoms with van der Waals surface area (Å²) >= 11 is 1.94. The lowest BCUT2D eigenvalue weighted by molar-refractivity contribution is 0.703. The molecule has 0 saturated carbocycles. The molecule has 0 spiro atoms. The molecule has 2 heteroatoms. The number of hydrogen-bond acceptors (Lipinski definition) is 1. The molecule has 0 fully saturated rings. The number of hydrogen-bond donors (Lipinski definition) is 0. The van der Waals surface area contributed by atoms with E-state index in [1.165, 1.54) is 16.3 Å². The number of para-hydroxylation sites is 1. The lowest BCUT2D eigenvalue weighted by Crippen LogP contribution is -2.21. The second-order valence-corrected chi connectivity index (χ2v) is 6.01. The summed E-state index contributed by atoms with van der Waals surface area (Å²) < 4.78 is 2.46. The van der Waals surface area contributed by atoms with Gasteiger partial charge in [-0.1, -0.05) is 12.1 Å². The average Bonchev–Trinajstić information content (AvgIpc) is 2.66. The molecule has 0 amide bonds. The quantitative estimate of drug-likeness (QED) is 0.646. The Morgan fingerprint density at radius 1 is 1.07 bits per heavy atom. The second kappa shape index (κ2) is 2.92. The summed E-state index contributed by atoms with van der Waals surface area (Å²) in [5.74, 6) is 0. The highest BCUT2D eigenvalue weighted by atomic mass is 32.2. The Bertz CT molecular complexity index is 511. The van der Waals surface area contributed by atoms with Crippen molar-refractivity contribution in [3.05, 3.63) is 48.3 Å². The van der Waals surface area contributed by atoms with E-state index < -0.39 is 0 Å². The van der Waals surface area contributed by atoms with Crippen LogP contribution in [0.15, 0.2) is 47.5 Å². The van der Waals surface area contributed by atoms with Crippen LogP contribution in [0.4, 0.5) is 0 Å². The zero-order valence-corrected chi connectivity index (χ0v) is 9.71. The first-order chi connectivity index (χ1) is 7.18. The molecule has 76 valence electrons. The molecule has 0 saturated heterocycles. The standard InChI is InChI=1S/C13H13NS/c1-13(2)12-8-5-9-14(12)10-6-3-4-7-11(10)15-13/h3-9H,1-2H3. The number of aromatic nitrogens is 1. The predicted octanol–water partition coefficient (Wildman–Crippen LogP) is 3.82. The van der Waals surface area contributed by atoms with Crippen LogP contribution in [0, 0.1) is 0 Å². The molecule has 0 N–H and O–H groups in total. The topological polar surface area (TPSA) is 4.93 Å². The first-order valence-corrected chi connectivity index (χ1v) is 5.96. The Morgan fingerprint density at radius 2 is 1.87 bits per heavy atom. The van der Waals surface area contributed by atoms with Gasteiger partial charge in [-0.15, -0.1) is 11.8 Å². The monoisotopic (exact) mass is 215 g/mol. The Balaban J connectivity index is 2.32. The van der Waals surface area contributed by atoms with Gasteiger partial charge in [0, 0.05) is 16.8 Å². The van der Waals surface area contributed by atoms with Crippen molar-refractivity contribution in [1.82, 2.24) is 4.57 Å². The van der Waals surface area contributed by atoms with Gasteiger partial charge in [0.25, 0.3) is 0 Å². The van der Waals surface area contributed by atoms with Gasteiger partial charge in [0.2, 0.25) is 0 Å². The fourth-order valence-electron chi connectivity index (χ4n) is 2.15. The molecular weight excluding hydrogens is 202 g/mol. The normalized spacial score (nSPS) is 16.9. The molecule has 1 aliphatic rings. The van der Waals surface area contributed by atoms with Crippen LogP contribution in [0.2, 0.25) is 0 Å². The zero-order valence-electron chi connectivity index (χ0n) is 8.90. The highest BCUT2D eigenvalue weighted by Crippen LogP contribution is 2.47. The molecule has 0 bridgehead atoms. The average molecular weight is 215 g/mol. The summed E-state index contributed by atoms with van der Waals surface area (Å²) in [5.41, 5.74) is 2.69. The lowest BCUT2D eigenvalue weighted by Gasteiger charge is -2.32. The van der Waals surface area contributed by atoms with E-state index >= 15 is 0 Å². The van der Waals surface area contributed by atoms with E-state index in [1.54, 1.807) is 0 Å². The SMILES string of the molecule is CC1(C)Sc2ccccc2-n2cccc21. The fourth-order valence-corrected chi connectivity index (χ4v) is 3.39.